The average molecular weight is 712 g/mol. The van der Waals surface area contributed by atoms with Gasteiger partial charge >= 0.3 is 0 Å². The summed E-state index contributed by atoms with van der Waals surface area (Å²) in [7, 11) is 0. The zero-order valence-electron chi connectivity index (χ0n) is 10.9. The van der Waals surface area contributed by atoms with E-state index < -0.39 is 0 Å². The van der Waals surface area contributed by atoms with Gasteiger partial charge in [0.05, 0.1) is 0 Å². The number of rotatable bonds is 1. The van der Waals surface area contributed by atoms with E-state index in [0.29, 0.717) is 0 Å². The van der Waals surface area contributed by atoms with E-state index in [0.717, 1.165) is 5.92 Å². The minimum atomic E-state index is 0. The van der Waals surface area contributed by atoms with E-state index in [9.17, 15) is 0 Å². The van der Waals surface area contributed by atoms with E-state index in [-0.39, 0.29) is 168 Å². The molecule has 0 rings (SSSR count). The average Bonchev–Trinajstić information content (AvgIpc) is 1.73. The molecule has 0 aliphatic rings. The molecule has 0 bridgehead atoms. The Morgan fingerprint density at radius 2 is 0.750 bits per heavy atom. The third-order valence-corrected chi connectivity index (χ3v) is 0.816. The largest absolute Gasteiger partial charge is 0.358 e. The molecule has 0 unspecified atom stereocenters. The predicted octanol–water partition coefficient (Wildman–Crippen LogP) is 3.51. The fourth-order valence-corrected chi connectivity index (χ4v) is 0. The fourth-order valence-electron chi connectivity index (χ4n) is 0. The van der Waals surface area contributed by atoms with Crippen LogP contribution in [-0.2, 0) is 130 Å². The molecule has 0 heterocycles. The maximum atomic E-state index is 2.22. The zero-order chi connectivity index (χ0) is 6.28. The second-order valence-electron chi connectivity index (χ2n) is 1.80. The van der Waals surface area contributed by atoms with Gasteiger partial charge in [-0.05, 0) is 5.92 Å². The minimum Gasteiger partial charge on any atom is -0.358 e. The van der Waals surface area contributed by atoms with Crippen LogP contribution in [0.2, 0.25) is 0 Å². The molecule has 0 aliphatic carbocycles. The van der Waals surface area contributed by atoms with Crippen molar-refractivity contribution in [2.45, 2.75) is 41.0 Å². The summed E-state index contributed by atoms with van der Waals surface area (Å²) in [5, 5.41) is 0. The summed E-state index contributed by atoms with van der Waals surface area (Å²) in [6, 6.07) is 0. The van der Waals surface area contributed by atoms with Crippen LogP contribution in [0.25, 0.3) is 0 Å². The van der Waals surface area contributed by atoms with E-state index in [4.69, 9.17) is 0 Å². The van der Waals surface area contributed by atoms with Crippen LogP contribution < -0.4 is 0 Å². The first kappa shape index (κ1) is 83.4. The summed E-state index contributed by atoms with van der Waals surface area (Å²) in [5.74, 6) is 0.884. The van der Waals surface area contributed by atoms with Gasteiger partial charge in [-0.15, -0.1) is 0 Å². The van der Waals surface area contributed by atoms with Crippen LogP contribution in [0.3, 0.4) is 0 Å². The van der Waals surface area contributed by atoms with E-state index >= 15 is 0 Å². The third kappa shape index (κ3) is 124. The molecule has 0 aliphatic heterocycles. The van der Waals surface area contributed by atoms with E-state index in [2.05, 4.69) is 20.8 Å². The van der Waals surface area contributed by atoms with Crippen LogP contribution in [0.15, 0.2) is 0 Å². The van der Waals surface area contributed by atoms with Crippen molar-refractivity contribution in [2.75, 3.05) is 0 Å². The zero-order valence-corrected chi connectivity index (χ0v) is 24.9. The van der Waals surface area contributed by atoms with Crippen LogP contribution in [0.4, 0.5) is 0 Å². The summed E-state index contributed by atoms with van der Waals surface area (Å²) in [5.41, 5.74) is 0. The van der Waals surface area contributed by atoms with E-state index in [1.165, 1.54) is 6.42 Å². The molecule has 0 fully saturated rings. The molecule has 0 spiro atoms. The standard InChI is InChI=1S/C5H12.C2H6.CH3.U.7V/c1-4-5(2)3;1-2;;;;;;;;;/h5H,4H2,1-3H3;1-2H3;1H3;;;;;;;;/q;;-1;;;;;;;;. The summed E-state index contributed by atoms with van der Waals surface area (Å²) >= 11 is 0. The second kappa shape index (κ2) is 88.3. The van der Waals surface area contributed by atoms with Crippen LogP contribution in [-0.4, -0.2) is 0 Å². The molecule has 7 radical (unpaired) electrons. The molecule has 0 aromatic carbocycles. The molecule has 8 heteroatoms. The fraction of sp³-hybridized carbons (Fsp3) is 0.875. The van der Waals surface area contributed by atoms with Crippen LogP contribution >= 0.6 is 0 Å². The Morgan fingerprint density at radius 3 is 0.750 bits per heavy atom. The van der Waals surface area contributed by atoms with E-state index in [1.807, 2.05) is 13.8 Å². The molecular weight excluding hydrogens is 691 g/mol. The number of hydrogen-bond acceptors (Lipinski definition) is 0. The van der Waals surface area contributed by atoms with Crippen molar-refractivity contribution >= 4 is 0 Å². The Labute approximate surface area is 211 Å². The van der Waals surface area contributed by atoms with Gasteiger partial charge in [0.15, 0.2) is 0 Å². The van der Waals surface area contributed by atoms with Gasteiger partial charge in [0.25, 0.3) is 0 Å². The Bertz CT molecular complexity index is 34.3. The van der Waals surface area contributed by atoms with Gasteiger partial charge in [0, 0.05) is 161 Å². The molecular formula is C8H21UV7-. The van der Waals surface area contributed by atoms with Crippen molar-refractivity contribution in [1.82, 2.24) is 0 Å². The Balaban J connectivity index is -0.00000000242. The van der Waals surface area contributed by atoms with Gasteiger partial charge in [-0.2, -0.15) is 0 Å². The van der Waals surface area contributed by atoms with E-state index in [1.54, 1.807) is 0 Å². The van der Waals surface area contributed by atoms with Crippen molar-refractivity contribution in [3.63, 3.8) is 0 Å². The first-order valence-corrected chi connectivity index (χ1v) is 3.27. The molecule has 0 aromatic heterocycles. The molecule has 0 atom stereocenters. The molecule has 0 saturated carbocycles. The summed E-state index contributed by atoms with van der Waals surface area (Å²) in [6.07, 6.45) is 1.31. The predicted molar refractivity (Wildman–Crippen MR) is 42.9 cm³/mol. The monoisotopic (exact) mass is 712 g/mol. The van der Waals surface area contributed by atoms with Crippen molar-refractivity contribution in [3.8, 4) is 0 Å². The van der Waals surface area contributed by atoms with Gasteiger partial charge in [-0.3, -0.25) is 0 Å². The molecule has 0 aromatic rings. The van der Waals surface area contributed by atoms with Crippen LogP contribution in [0.1, 0.15) is 41.0 Å². The Hall–Kier alpha value is 5.14. The smallest absolute Gasteiger partial charge is 0 e. The quantitative estimate of drug-likeness (QED) is 0.366. The summed E-state index contributed by atoms with van der Waals surface area (Å²) < 4.78 is 0. The molecule has 0 saturated heterocycles. The van der Waals surface area contributed by atoms with Crippen molar-refractivity contribution < 1.29 is 161 Å². The summed E-state index contributed by atoms with van der Waals surface area (Å²) in [6.45, 7) is 10.6. The molecule has 16 heavy (non-hydrogen) atoms. The van der Waals surface area contributed by atoms with Gasteiger partial charge < -0.3 is 7.43 Å². The molecule has 0 N–H and O–H groups in total. The van der Waals surface area contributed by atoms with Crippen molar-refractivity contribution in [1.29, 1.82) is 0 Å². The molecule has 93 valence electrons. The van der Waals surface area contributed by atoms with Gasteiger partial charge in [-0.1, -0.05) is 41.0 Å². The molecule has 0 amide bonds. The SMILES string of the molecule is CC.CCC(C)C.[CH3-].[U].[V].[V].[V].[V].[V].[V].[V]. The van der Waals surface area contributed by atoms with Crippen LogP contribution in [0.5, 0.6) is 0 Å². The van der Waals surface area contributed by atoms with Crippen molar-refractivity contribution in [3.05, 3.63) is 7.43 Å². The van der Waals surface area contributed by atoms with Gasteiger partial charge in [0.1, 0.15) is 0 Å². The van der Waals surface area contributed by atoms with Gasteiger partial charge in [-0.25, -0.2) is 0 Å². The number of hydrogen-bond donors (Lipinski definition) is 0. The Morgan fingerprint density at radius 1 is 0.688 bits per heavy atom. The van der Waals surface area contributed by atoms with Gasteiger partial charge in [0.2, 0.25) is 0 Å². The topological polar surface area (TPSA) is 0 Å². The summed E-state index contributed by atoms with van der Waals surface area (Å²) in [4.78, 5) is 0. The first-order valence-electron chi connectivity index (χ1n) is 3.27. The maximum Gasteiger partial charge on any atom is 0 e. The molecule has 0 nitrogen and oxygen atoms in total. The maximum absolute atomic E-state index is 2.22. The first-order chi connectivity index (χ1) is 3.27. The normalized spacial score (nSPS) is 3.38. The minimum absolute atomic E-state index is 0. The second-order valence-corrected chi connectivity index (χ2v) is 1.80. The van der Waals surface area contributed by atoms with Crippen molar-refractivity contribution in [2.24, 2.45) is 5.92 Å². The Kier molecular flexibility index (Phi) is 460. The van der Waals surface area contributed by atoms with Crippen LogP contribution in [0, 0.1) is 44.5 Å². The third-order valence-electron chi connectivity index (χ3n) is 0.816.